The second-order valence-corrected chi connectivity index (χ2v) is 4.72. The molecular formula is C13H13FN2O2S. The second-order valence-electron chi connectivity index (χ2n) is 4.00. The number of aromatic nitrogens is 1. The average molecular weight is 280 g/mol. The third-order valence-corrected chi connectivity index (χ3v) is 3.22. The Bertz CT molecular complexity index is 572. The maximum Gasteiger partial charge on any atom is 0.273 e. The predicted molar refractivity (Wildman–Crippen MR) is 70.9 cm³/mol. The first-order valence-electron chi connectivity index (χ1n) is 5.58. The van der Waals surface area contributed by atoms with Crippen molar-refractivity contribution in [2.24, 2.45) is 0 Å². The molecule has 0 saturated heterocycles. The number of benzene rings is 1. The Morgan fingerprint density at radius 3 is 2.89 bits per heavy atom. The summed E-state index contributed by atoms with van der Waals surface area (Å²) < 4.78 is 18.4. The molecule has 0 fully saturated rings. The smallest absolute Gasteiger partial charge is 0.273 e. The van der Waals surface area contributed by atoms with Crippen LogP contribution >= 0.6 is 11.3 Å². The minimum atomic E-state index is -0.436. The normalized spacial score (nSPS) is 10.3. The van der Waals surface area contributed by atoms with Crippen molar-refractivity contribution in [3.05, 3.63) is 46.2 Å². The molecule has 1 heterocycles. The van der Waals surface area contributed by atoms with Crippen molar-refractivity contribution in [1.82, 2.24) is 9.88 Å². The molecule has 19 heavy (non-hydrogen) atoms. The Morgan fingerprint density at radius 1 is 1.53 bits per heavy atom. The molecule has 2 aromatic rings. The van der Waals surface area contributed by atoms with Gasteiger partial charge in [-0.3, -0.25) is 4.79 Å². The maximum absolute atomic E-state index is 13.5. The van der Waals surface area contributed by atoms with Gasteiger partial charge >= 0.3 is 0 Å². The van der Waals surface area contributed by atoms with Gasteiger partial charge in [0.1, 0.15) is 5.69 Å². The summed E-state index contributed by atoms with van der Waals surface area (Å²) in [5.74, 6) is -0.427. The van der Waals surface area contributed by atoms with Crippen molar-refractivity contribution in [2.75, 3.05) is 14.2 Å². The first kappa shape index (κ1) is 13.5. The van der Waals surface area contributed by atoms with Gasteiger partial charge in [-0.25, -0.2) is 9.37 Å². The van der Waals surface area contributed by atoms with E-state index in [1.165, 1.54) is 29.4 Å². The Hall–Kier alpha value is -1.95. The SMILES string of the molecule is COc1ccc(CN(C)C(=O)c2cscn2)cc1F. The standard InChI is InChI=1S/C13H13FN2O2S/c1-16(13(17)11-7-19-8-15-11)6-9-3-4-12(18-2)10(14)5-9/h3-5,7-8H,6H2,1-2H3. The molecule has 0 radical (unpaired) electrons. The van der Waals surface area contributed by atoms with Crippen LogP contribution in [0, 0.1) is 5.82 Å². The fourth-order valence-electron chi connectivity index (χ4n) is 1.67. The first-order chi connectivity index (χ1) is 9.11. The van der Waals surface area contributed by atoms with E-state index in [1.54, 1.807) is 30.1 Å². The van der Waals surface area contributed by atoms with Crippen LogP contribution < -0.4 is 4.74 Å². The Balaban J connectivity index is 2.08. The highest BCUT2D eigenvalue weighted by Crippen LogP contribution is 2.18. The zero-order valence-electron chi connectivity index (χ0n) is 10.6. The van der Waals surface area contributed by atoms with Gasteiger partial charge in [0.2, 0.25) is 0 Å². The molecule has 4 nitrogen and oxygen atoms in total. The lowest BCUT2D eigenvalue weighted by atomic mass is 10.2. The topological polar surface area (TPSA) is 42.4 Å². The lowest BCUT2D eigenvalue weighted by Crippen LogP contribution is -2.26. The molecule has 1 aromatic heterocycles. The number of amides is 1. The molecule has 1 aromatic carbocycles. The van der Waals surface area contributed by atoms with Gasteiger partial charge in [-0.2, -0.15) is 0 Å². The van der Waals surface area contributed by atoms with Gasteiger partial charge in [-0.1, -0.05) is 6.07 Å². The lowest BCUT2D eigenvalue weighted by Gasteiger charge is -2.16. The van der Waals surface area contributed by atoms with E-state index in [-0.39, 0.29) is 11.7 Å². The van der Waals surface area contributed by atoms with E-state index in [0.29, 0.717) is 17.8 Å². The molecular weight excluding hydrogens is 267 g/mol. The van der Waals surface area contributed by atoms with Gasteiger partial charge in [0.25, 0.3) is 5.91 Å². The van der Waals surface area contributed by atoms with Gasteiger partial charge in [-0.05, 0) is 17.7 Å². The number of carbonyl (C=O) groups excluding carboxylic acids is 1. The number of ether oxygens (including phenoxy) is 1. The van der Waals surface area contributed by atoms with Crippen molar-refractivity contribution >= 4 is 17.2 Å². The van der Waals surface area contributed by atoms with Gasteiger partial charge < -0.3 is 9.64 Å². The summed E-state index contributed by atoms with van der Waals surface area (Å²) >= 11 is 1.36. The van der Waals surface area contributed by atoms with E-state index >= 15 is 0 Å². The number of carbonyl (C=O) groups is 1. The number of hydrogen-bond donors (Lipinski definition) is 0. The van der Waals surface area contributed by atoms with Gasteiger partial charge in [0.15, 0.2) is 11.6 Å². The van der Waals surface area contributed by atoms with Gasteiger partial charge in [0.05, 0.1) is 12.6 Å². The number of rotatable bonds is 4. The number of methoxy groups -OCH3 is 1. The molecule has 0 aliphatic heterocycles. The Morgan fingerprint density at radius 2 is 2.32 bits per heavy atom. The van der Waals surface area contributed by atoms with Crippen LogP contribution in [0.3, 0.4) is 0 Å². The van der Waals surface area contributed by atoms with Crippen LogP contribution in [0.1, 0.15) is 16.1 Å². The minimum absolute atomic E-state index is 0.183. The summed E-state index contributed by atoms with van der Waals surface area (Å²) in [6.07, 6.45) is 0. The number of thiazole rings is 1. The molecule has 0 atom stereocenters. The van der Waals surface area contributed by atoms with E-state index in [1.807, 2.05) is 0 Å². The Kier molecular flexibility index (Phi) is 4.11. The van der Waals surface area contributed by atoms with Crippen LogP contribution in [0.5, 0.6) is 5.75 Å². The largest absolute Gasteiger partial charge is 0.494 e. The zero-order chi connectivity index (χ0) is 13.8. The first-order valence-corrected chi connectivity index (χ1v) is 6.52. The van der Waals surface area contributed by atoms with Crippen LogP contribution in [-0.2, 0) is 6.54 Å². The highest BCUT2D eigenvalue weighted by atomic mass is 32.1. The fraction of sp³-hybridized carbons (Fsp3) is 0.231. The fourth-order valence-corrected chi connectivity index (χ4v) is 2.19. The van der Waals surface area contributed by atoms with Crippen molar-refractivity contribution in [3.8, 4) is 5.75 Å². The highest BCUT2D eigenvalue weighted by molar-refractivity contribution is 7.07. The number of hydrogen-bond acceptors (Lipinski definition) is 4. The van der Waals surface area contributed by atoms with E-state index < -0.39 is 5.82 Å². The molecule has 1 amide bonds. The van der Waals surface area contributed by atoms with Crippen LogP contribution in [-0.4, -0.2) is 29.9 Å². The lowest BCUT2D eigenvalue weighted by molar-refractivity contribution is 0.0780. The van der Waals surface area contributed by atoms with Gasteiger partial charge in [-0.15, -0.1) is 11.3 Å². The quantitative estimate of drug-likeness (QED) is 0.864. The van der Waals surface area contributed by atoms with E-state index in [4.69, 9.17) is 4.74 Å². The van der Waals surface area contributed by atoms with E-state index in [2.05, 4.69) is 4.98 Å². The summed E-state index contributed by atoms with van der Waals surface area (Å²) in [7, 11) is 3.07. The number of halogens is 1. The molecule has 2 rings (SSSR count). The summed E-state index contributed by atoms with van der Waals surface area (Å²) in [6, 6.07) is 4.64. The van der Waals surface area contributed by atoms with E-state index in [0.717, 1.165) is 0 Å². The van der Waals surface area contributed by atoms with Crippen LogP contribution in [0.25, 0.3) is 0 Å². The zero-order valence-corrected chi connectivity index (χ0v) is 11.4. The van der Waals surface area contributed by atoms with E-state index in [9.17, 15) is 9.18 Å². The van der Waals surface area contributed by atoms with Crippen LogP contribution in [0.2, 0.25) is 0 Å². The molecule has 0 unspecified atom stereocenters. The van der Waals surface area contributed by atoms with Crippen LogP contribution in [0.15, 0.2) is 29.1 Å². The molecule has 0 spiro atoms. The van der Waals surface area contributed by atoms with Gasteiger partial charge in [0, 0.05) is 19.0 Å². The van der Waals surface area contributed by atoms with Crippen molar-refractivity contribution in [1.29, 1.82) is 0 Å². The molecule has 0 bridgehead atoms. The third-order valence-electron chi connectivity index (χ3n) is 2.63. The van der Waals surface area contributed by atoms with Crippen molar-refractivity contribution in [2.45, 2.75) is 6.54 Å². The summed E-state index contributed by atoms with van der Waals surface area (Å²) in [4.78, 5) is 17.4. The summed E-state index contributed by atoms with van der Waals surface area (Å²) in [6.45, 7) is 0.317. The second kappa shape index (κ2) is 5.79. The van der Waals surface area contributed by atoms with Crippen molar-refractivity contribution in [3.63, 3.8) is 0 Å². The molecule has 0 aliphatic rings. The third kappa shape index (κ3) is 3.08. The number of nitrogens with zero attached hydrogens (tertiary/aromatic N) is 2. The molecule has 6 heteroatoms. The molecule has 100 valence electrons. The minimum Gasteiger partial charge on any atom is -0.494 e. The summed E-state index contributed by atoms with van der Waals surface area (Å²) in [5, 5.41) is 1.69. The highest BCUT2D eigenvalue weighted by Gasteiger charge is 2.14. The predicted octanol–water partition coefficient (Wildman–Crippen LogP) is 2.56. The Labute approximate surface area is 114 Å². The van der Waals surface area contributed by atoms with Crippen LogP contribution in [0.4, 0.5) is 4.39 Å². The average Bonchev–Trinajstić information content (AvgIpc) is 2.92. The monoisotopic (exact) mass is 280 g/mol. The molecule has 0 saturated carbocycles. The summed E-state index contributed by atoms with van der Waals surface area (Å²) in [5.41, 5.74) is 2.71. The maximum atomic E-state index is 13.5. The van der Waals surface area contributed by atoms with Crippen molar-refractivity contribution < 1.29 is 13.9 Å². The molecule has 0 N–H and O–H groups in total. The molecule has 0 aliphatic carbocycles.